The number of nitrogen functional groups attached to an aromatic ring is 1. The van der Waals surface area contributed by atoms with E-state index in [-0.39, 0.29) is 30.8 Å². The van der Waals surface area contributed by atoms with Crippen molar-refractivity contribution in [3.05, 3.63) is 41.2 Å². The van der Waals surface area contributed by atoms with E-state index in [4.69, 9.17) is 77.3 Å². The number of pyridine rings is 1. The number of alkyl carbamates (subject to hydrolysis) is 1. The van der Waals surface area contributed by atoms with Crippen LogP contribution in [0.5, 0.6) is 0 Å². The number of benzene rings is 1. The Morgan fingerprint density at radius 1 is 0.625 bits per heavy atom. The van der Waals surface area contributed by atoms with Crippen molar-refractivity contribution < 1.29 is 76.6 Å². The quantitative estimate of drug-likeness (QED) is 0.0303. The molecule has 23 heteroatoms. The molecule has 1 amide bonds. The first-order chi connectivity index (χ1) is 50.7. The standard InChI is InChI=1S/C81H139N7O16/c1-8-9-16-74-85-75-76(88(74)60-79(5,61-89)62-90)69-19-17-65(58-73(69)84-77(75)82)15-11-28-86-30-32-87(33-31-86)29-12-34-92-36-38-94-40-42-96-44-46-98-48-50-100-52-54-102-56-57-103-55-53-101-51-49-99-47-45-97-43-41-95-39-37-93-35-27-83-78(91)104-67-23-25-80(6)66(59-67)18-20-68-71-22-21-70(64(4)14-10-13-63(2)3)81(71,7)26-24-72(68)80/h17-19,58,63-64,67-68,70-72,89-90H,8-16,20-57,59-62H2,1-7H3,(H2,82,84)(H,83,91)/t64-,67+,68+,70-,71+,72+,80+,81-/m1/s1. The molecule has 0 unspecified atom stereocenters. The van der Waals surface area contributed by atoms with Crippen LogP contribution in [0.1, 0.15) is 156 Å². The second kappa shape index (κ2) is 47.4. The molecule has 0 radical (unpaired) electrons. The van der Waals surface area contributed by atoms with Crippen LogP contribution in [0.25, 0.3) is 21.9 Å². The van der Waals surface area contributed by atoms with Gasteiger partial charge in [-0.1, -0.05) is 97.9 Å². The molecule has 5 aliphatic rings. The minimum atomic E-state index is -0.690. The minimum Gasteiger partial charge on any atom is -0.446 e. The van der Waals surface area contributed by atoms with E-state index in [0.717, 1.165) is 161 Å². The molecule has 3 heterocycles. The maximum absolute atomic E-state index is 12.8. The Labute approximate surface area is 623 Å². The fraction of sp³-hybridized carbons (Fsp3) is 0.840. The van der Waals surface area contributed by atoms with Crippen molar-refractivity contribution >= 4 is 33.8 Å². The zero-order valence-electron chi connectivity index (χ0n) is 65.3. The first kappa shape index (κ1) is 85.9. The average Bonchev–Trinajstić information content (AvgIpc) is 1.28. The van der Waals surface area contributed by atoms with Crippen molar-refractivity contribution in [2.75, 3.05) is 223 Å². The number of aromatic nitrogens is 3. The van der Waals surface area contributed by atoms with Gasteiger partial charge in [-0.3, -0.25) is 0 Å². The monoisotopic (exact) mass is 1470 g/mol. The molecule has 3 aromatic rings. The molecule has 104 heavy (non-hydrogen) atoms. The van der Waals surface area contributed by atoms with Crippen LogP contribution in [0, 0.1) is 51.8 Å². The maximum atomic E-state index is 12.8. The van der Waals surface area contributed by atoms with E-state index in [9.17, 15) is 15.0 Å². The van der Waals surface area contributed by atoms with Gasteiger partial charge in [-0.2, -0.15) is 0 Å². The number of aliphatic hydroxyl groups is 2. The van der Waals surface area contributed by atoms with Gasteiger partial charge in [-0.25, -0.2) is 14.8 Å². The number of piperazine rings is 1. The van der Waals surface area contributed by atoms with E-state index >= 15 is 0 Å². The predicted octanol–water partition coefficient (Wildman–Crippen LogP) is 10.8. The molecule has 0 spiro atoms. The van der Waals surface area contributed by atoms with E-state index in [0.29, 0.717) is 182 Å². The minimum absolute atomic E-state index is 0.0593. The van der Waals surface area contributed by atoms with Crippen molar-refractivity contribution in [2.45, 2.75) is 170 Å². The van der Waals surface area contributed by atoms with E-state index in [2.05, 4.69) is 85.5 Å². The van der Waals surface area contributed by atoms with Crippen LogP contribution in [0.2, 0.25) is 0 Å². The summed E-state index contributed by atoms with van der Waals surface area (Å²) in [6.45, 7) is 35.5. The van der Waals surface area contributed by atoms with E-state index in [1.807, 2.05) is 6.92 Å². The van der Waals surface area contributed by atoms with Gasteiger partial charge in [0.25, 0.3) is 0 Å². The first-order valence-electron chi connectivity index (χ1n) is 40.5. The van der Waals surface area contributed by atoms with Crippen molar-refractivity contribution in [3.63, 3.8) is 0 Å². The topological polar surface area (TPSA) is 253 Å². The second-order valence-electron chi connectivity index (χ2n) is 31.4. The van der Waals surface area contributed by atoms with Gasteiger partial charge in [0.05, 0.1) is 176 Å². The zero-order chi connectivity index (χ0) is 73.7. The third-order valence-corrected chi connectivity index (χ3v) is 23.2. The molecule has 8 rings (SSSR count). The molecule has 4 fully saturated rings. The summed E-state index contributed by atoms with van der Waals surface area (Å²) in [6.07, 6.45) is 21.9. The summed E-state index contributed by atoms with van der Waals surface area (Å²) in [6, 6.07) is 6.50. The van der Waals surface area contributed by atoms with E-state index < -0.39 is 5.41 Å². The number of aliphatic hydroxyl groups excluding tert-OH is 2. The molecule has 0 bridgehead atoms. The molecule has 8 atom stereocenters. The van der Waals surface area contributed by atoms with E-state index in [1.54, 1.807) is 5.57 Å². The molecule has 1 aliphatic heterocycles. The van der Waals surface area contributed by atoms with Gasteiger partial charge in [0, 0.05) is 76.1 Å². The number of rotatable bonds is 57. The number of hydrogen-bond acceptors (Lipinski definition) is 21. The lowest BCUT2D eigenvalue weighted by molar-refractivity contribution is -0.0581. The lowest BCUT2D eigenvalue weighted by atomic mass is 9.47. The number of aryl methyl sites for hydroxylation is 2. The summed E-state index contributed by atoms with van der Waals surface area (Å²) in [5.74, 6) is 6.27. The number of anilines is 1. The maximum Gasteiger partial charge on any atom is 0.407 e. The number of nitrogens with one attached hydrogen (secondary N) is 1. The summed E-state index contributed by atoms with van der Waals surface area (Å²) in [7, 11) is 0. The highest BCUT2D eigenvalue weighted by Crippen LogP contribution is 2.67. The Kier molecular flexibility index (Phi) is 39.1. The number of unbranched alkanes of at least 4 members (excludes halogenated alkanes) is 1. The van der Waals surface area contributed by atoms with Crippen LogP contribution in [-0.4, -0.2) is 264 Å². The van der Waals surface area contributed by atoms with Gasteiger partial charge in [-0.15, -0.1) is 0 Å². The van der Waals surface area contributed by atoms with Gasteiger partial charge in [0.1, 0.15) is 17.4 Å². The summed E-state index contributed by atoms with van der Waals surface area (Å²) >= 11 is 0. The number of carbonyl (C=O) groups is 1. The number of carbonyl (C=O) groups excluding carboxylic acids is 1. The molecule has 594 valence electrons. The molecule has 3 saturated carbocycles. The summed E-state index contributed by atoms with van der Waals surface area (Å²) in [5, 5.41) is 24.2. The fourth-order valence-corrected chi connectivity index (χ4v) is 17.2. The smallest absolute Gasteiger partial charge is 0.407 e. The van der Waals surface area contributed by atoms with Crippen LogP contribution >= 0.6 is 0 Å². The third-order valence-electron chi connectivity index (χ3n) is 23.2. The van der Waals surface area contributed by atoms with Crippen molar-refractivity contribution in [2.24, 2.45) is 51.8 Å². The van der Waals surface area contributed by atoms with Gasteiger partial charge < -0.3 is 97.2 Å². The van der Waals surface area contributed by atoms with Gasteiger partial charge in [0.2, 0.25) is 0 Å². The predicted molar refractivity (Wildman–Crippen MR) is 407 cm³/mol. The van der Waals surface area contributed by atoms with Gasteiger partial charge in [0.15, 0.2) is 5.82 Å². The lowest BCUT2D eigenvalue weighted by Crippen LogP contribution is -2.51. The average molecular weight is 1470 g/mol. The highest BCUT2D eigenvalue weighted by Gasteiger charge is 2.59. The summed E-state index contributed by atoms with van der Waals surface area (Å²) in [5.41, 5.74) is 11.9. The zero-order valence-corrected chi connectivity index (χ0v) is 65.3. The van der Waals surface area contributed by atoms with Crippen LogP contribution in [-0.2, 0) is 81.0 Å². The van der Waals surface area contributed by atoms with E-state index in [1.165, 1.54) is 56.9 Å². The largest absolute Gasteiger partial charge is 0.446 e. The number of nitrogens with two attached hydrogens (primary N) is 1. The molecular weight excluding hydrogens is 1330 g/mol. The van der Waals surface area contributed by atoms with Crippen molar-refractivity contribution in [3.8, 4) is 0 Å². The van der Waals surface area contributed by atoms with Crippen LogP contribution in [0.3, 0.4) is 0 Å². The Hall–Kier alpha value is -3.73. The Morgan fingerprint density at radius 2 is 1.15 bits per heavy atom. The third kappa shape index (κ3) is 27.7. The molecular formula is C81H139N7O16. The number of amides is 1. The number of hydrogen-bond donors (Lipinski definition) is 4. The first-order valence-corrected chi connectivity index (χ1v) is 40.5. The number of nitrogens with zero attached hydrogens (tertiary/aromatic N) is 5. The van der Waals surface area contributed by atoms with Crippen LogP contribution < -0.4 is 11.1 Å². The number of imidazole rings is 1. The molecule has 1 saturated heterocycles. The number of fused-ring (bicyclic) bond motifs is 8. The van der Waals surface area contributed by atoms with Crippen molar-refractivity contribution in [1.82, 2.24) is 29.7 Å². The second-order valence-corrected chi connectivity index (χ2v) is 31.4. The molecule has 1 aromatic carbocycles. The number of allylic oxidation sites excluding steroid dienone is 1. The highest BCUT2D eigenvalue weighted by atomic mass is 16.6. The van der Waals surface area contributed by atoms with Crippen molar-refractivity contribution in [1.29, 1.82) is 0 Å². The summed E-state index contributed by atoms with van der Waals surface area (Å²) < 4.78 is 75.8. The number of ether oxygens (including phenoxy) is 13. The van der Waals surface area contributed by atoms with Crippen LogP contribution in [0.15, 0.2) is 29.8 Å². The molecule has 2 aromatic heterocycles. The molecule has 5 N–H and O–H groups in total. The normalized spacial score (nSPS) is 22.7. The summed E-state index contributed by atoms with van der Waals surface area (Å²) in [4.78, 5) is 27.6. The van der Waals surface area contributed by atoms with Gasteiger partial charge in [-0.05, 0) is 135 Å². The lowest BCUT2D eigenvalue weighted by Gasteiger charge is -2.58. The SMILES string of the molecule is CCCCc1nc2c(N)nc3cc(CCCN4CCN(CCCOCCOCCOCCOCCOCCOCCOCCOCCOCCOCCOCCOCCNC(=O)O[C@H]5CC[C@@]6(C)C(=CC[C@H]7[C@@H]8CC[C@H]([C@H](C)CCCC(C)C)[C@@]8(C)CC[C@@H]76)C5)CC4)ccc3c2n1CC(C)(CO)CO. The Morgan fingerprint density at radius 3 is 1.68 bits per heavy atom. The Balaban J connectivity index is 0.492. The Bertz CT molecular complexity index is 2880. The van der Waals surface area contributed by atoms with Gasteiger partial charge >= 0.3 is 6.09 Å². The fourth-order valence-electron chi connectivity index (χ4n) is 17.2. The molecule has 23 nitrogen and oxygen atoms in total. The highest BCUT2D eigenvalue weighted by molar-refractivity contribution is 6.06. The van der Waals surface area contributed by atoms with Crippen LogP contribution in [0.4, 0.5) is 10.6 Å². The molecule has 4 aliphatic carbocycles.